The summed E-state index contributed by atoms with van der Waals surface area (Å²) < 4.78 is 0. The van der Waals surface area contributed by atoms with Crippen LogP contribution in [0.1, 0.15) is 42.4 Å². The summed E-state index contributed by atoms with van der Waals surface area (Å²) in [7, 11) is 0. The highest BCUT2D eigenvalue weighted by Gasteiger charge is 2.17. The van der Waals surface area contributed by atoms with Crippen molar-refractivity contribution in [1.82, 2.24) is 15.2 Å². The second kappa shape index (κ2) is 6.00. The predicted molar refractivity (Wildman–Crippen MR) is 71.5 cm³/mol. The molecule has 1 aromatic heterocycles. The molecule has 1 aromatic rings. The second-order valence-corrected chi connectivity index (χ2v) is 5.26. The first-order valence-corrected chi connectivity index (χ1v) is 6.80. The van der Waals surface area contributed by atoms with Crippen LogP contribution in [0.4, 0.5) is 4.79 Å². The summed E-state index contributed by atoms with van der Waals surface area (Å²) in [4.78, 5) is 19.2. The number of hydrogen-bond acceptors (Lipinski definition) is 3. The minimum Gasteiger partial charge on any atom is -0.331 e. The molecule has 0 aliphatic rings. The van der Waals surface area contributed by atoms with Crippen molar-refractivity contribution in [3.63, 3.8) is 0 Å². The summed E-state index contributed by atoms with van der Waals surface area (Å²) in [6, 6.07) is 0.0160. The third kappa shape index (κ3) is 3.43. The molecule has 5 heteroatoms. The Balaban J connectivity index is 2.69. The normalized spacial score (nSPS) is 12.3. The molecule has 1 N–H and O–H groups in total. The fraction of sp³-hybridized carbons (Fsp3) is 0.667. The Labute approximate surface area is 107 Å². The van der Waals surface area contributed by atoms with Crippen LogP contribution in [0.15, 0.2) is 0 Å². The fourth-order valence-corrected chi connectivity index (χ4v) is 2.73. The van der Waals surface area contributed by atoms with Gasteiger partial charge in [0.1, 0.15) is 0 Å². The topological polar surface area (TPSA) is 45.2 Å². The lowest BCUT2D eigenvalue weighted by Crippen LogP contribution is -2.40. The van der Waals surface area contributed by atoms with Crippen molar-refractivity contribution in [3.05, 3.63) is 15.6 Å². The van der Waals surface area contributed by atoms with Gasteiger partial charge in [-0.1, -0.05) is 0 Å². The third-order valence-electron chi connectivity index (χ3n) is 2.72. The summed E-state index contributed by atoms with van der Waals surface area (Å²) >= 11 is 1.65. The molecule has 1 rings (SSSR count). The molecule has 0 aliphatic heterocycles. The van der Waals surface area contributed by atoms with E-state index in [9.17, 15) is 4.79 Å². The van der Waals surface area contributed by atoms with E-state index in [1.54, 1.807) is 16.2 Å². The molecule has 1 heterocycles. The lowest BCUT2D eigenvalue weighted by molar-refractivity contribution is 0.200. The zero-order chi connectivity index (χ0) is 13.0. The number of carbonyl (C=O) groups is 1. The summed E-state index contributed by atoms with van der Waals surface area (Å²) in [5, 5.41) is 4.05. The Bertz CT molecular complexity index is 385. The van der Waals surface area contributed by atoms with E-state index in [4.69, 9.17) is 0 Å². The summed E-state index contributed by atoms with van der Waals surface area (Å²) in [6.07, 6.45) is 0. The molecule has 1 atom stereocenters. The van der Waals surface area contributed by atoms with Crippen LogP contribution >= 0.6 is 11.3 Å². The van der Waals surface area contributed by atoms with Crippen LogP contribution in [0, 0.1) is 13.8 Å². The van der Waals surface area contributed by atoms with Crippen molar-refractivity contribution in [3.8, 4) is 0 Å². The average molecular weight is 255 g/mol. The Kier molecular flexibility index (Phi) is 4.93. The molecule has 0 fully saturated rings. The number of amides is 2. The van der Waals surface area contributed by atoms with Crippen LogP contribution in [0.5, 0.6) is 0 Å². The van der Waals surface area contributed by atoms with Gasteiger partial charge in [-0.05, 0) is 34.6 Å². The summed E-state index contributed by atoms with van der Waals surface area (Å²) in [5.41, 5.74) is 1.01. The predicted octanol–water partition coefficient (Wildman–Crippen LogP) is 2.87. The van der Waals surface area contributed by atoms with Gasteiger partial charge in [-0.2, -0.15) is 0 Å². The molecule has 4 nitrogen and oxygen atoms in total. The van der Waals surface area contributed by atoms with E-state index in [1.807, 2.05) is 34.6 Å². The number of nitrogens with zero attached hydrogens (tertiary/aromatic N) is 2. The summed E-state index contributed by atoms with van der Waals surface area (Å²) in [5.74, 6) is 0. The molecule has 0 aliphatic carbocycles. The Morgan fingerprint density at radius 1 is 1.41 bits per heavy atom. The van der Waals surface area contributed by atoms with Gasteiger partial charge in [0.2, 0.25) is 0 Å². The molecule has 0 saturated heterocycles. The van der Waals surface area contributed by atoms with E-state index in [0.29, 0.717) is 0 Å². The molecule has 17 heavy (non-hydrogen) atoms. The van der Waals surface area contributed by atoms with E-state index < -0.39 is 0 Å². The van der Waals surface area contributed by atoms with Gasteiger partial charge in [0.15, 0.2) is 0 Å². The van der Waals surface area contributed by atoms with E-state index in [0.717, 1.165) is 28.7 Å². The minimum absolute atomic E-state index is 0.00652. The molecule has 1 unspecified atom stereocenters. The first-order valence-electron chi connectivity index (χ1n) is 5.98. The first-order chi connectivity index (χ1) is 7.99. The molecule has 0 saturated carbocycles. The Hall–Kier alpha value is -1.10. The van der Waals surface area contributed by atoms with Crippen molar-refractivity contribution in [2.24, 2.45) is 0 Å². The van der Waals surface area contributed by atoms with E-state index in [-0.39, 0.29) is 12.1 Å². The maximum atomic E-state index is 11.9. The number of aromatic nitrogens is 1. The summed E-state index contributed by atoms with van der Waals surface area (Å²) in [6.45, 7) is 11.4. The fourth-order valence-electron chi connectivity index (χ4n) is 1.80. The maximum Gasteiger partial charge on any atom is 0.317 e. The highest BCUT2D eigenvalue weighted by Crippen LogP contribution is 2.24. The molecule has 0 radical (unpaired) electrons. The number of urea groups is 1. The van der Waals surface area contributed by atoms with Crippen LogP contribution in [0.25, 0.3) is 0 Å². The number of aryl methyl sites for hydroxylation is 2. The smallest absolute Gasteiger partial charge is 0.317 e. The second-order valence-electron chi connectivity index (χ2n) is 4.03. The van der Waals surface area contributed by atoms with Gasteiger partial charge in [-0.3, -0.25) is 0 Å². The van der Waals surface area contributed by atoms with Crippen molar-refractivity contribution in [2.45, 2.75) is 40.7 Å². The average Bonchev–Trinajstić information content (AvgIpc) is 2.59. The van der Waals surface area contributed by atoms with E-state index >= 15 is 0 Å². The van der Waals surface area contributed by atoms with Crippen molar-refractivity contribution >= 4 is 17.4 Å². The zero-order valence-electron chi connectivity index (χ0n) is 11.2. The highest BCUT2D eigenvalue weighted by molar-refractivity contribution is 7.11. The van der Waals surface area contributed by atoms with E-state index in [1.165, 1.54) is 0 Å². The molecular weight excluding hydrogens is 234 g/mol. The quantitative estimate of drug-likeness (QED) is 0.899. The van der Waals surface area contributed by atoms with Gasteiger partial charge in [0.25, 0.3) is 0 Å². The van der Waals surface area contributed by atoms with Crippen molar-refractivity contribution < 1.29 is 4.79 Å². The van der Waals surface area contributed by atoms with Crippen LogP contribution < -0.4 is 5.32 Å². The monoisotopic (exact) mass is 255 g/mol. The highest BCUT2D eigenvalue weighted by atomic mass is 32.1. The van der Waals surface area contributed by atoms with E-state index in [2.05, 4.69) is 10.3 Å². The van der Waals surface area contributed by atoms with Gasteiger partial charge in [0.05, 0.1) is 16.7 Å². The van der Waals surface area contributed by atoms with Gasteiger partial charge in [0, 0.05) is 18.0 Å². The van der Waals surface area contributed by atoms with Gasteiger partial charge >= 0.3 is 6.03 Å². The lowest BCUT2D eigenvalue weighted by Gasteiger charge is -2.22. The van der Waals surface area contributed by atoms with Crippen LogP contribution in [-0.2, 0) is 0 Å². The van der Waals surface area contributed by atoms with Gasteiger partial charge < -0.3 is 10.2 Å². The van der Waals surface area contributed by atoms with Crippen molar-refractivity contribution in [2.75, 3.05) is 13.1 Å². The third-order valence-corrected chi connectivity index (χ3v) is 3.98. The van der Waals surface area contributed by atoms with Crippen molar-refractivity contribution in [1.29, 1.82) is 0 Å². The Morgan fingerprint density at radius 3 is 2.41 bits per heavy atom. The van der Waals surface area contributed by atoms with Crippen LogP contribution in [0.3, 0.4) is 0 Å². The number of rotatable bonds is 4. The van der Waals surface area contributed by atoms with Gasteiger partial charge in [-0.15, -0.1) is 11.3 Å². The number of hydrogen-bond donors (Lipinski definition) is 1. The minimum atomic E-state index is -0.00652. The molecule has 0 aromatic carbocycles. The number of nitrogens with one attached hydrogen (secondary N) is 1. The molecular formula is C12H21N3OS. The molecule has 0 bridgehead atoms. The maximum absolute atomic E-state index is 11.9. The Morgan fingerprint density at radius 2 is 2.00 bits per heavy atom. The van der Waals surface area contributed by atoms with Crippen LogP contribution in [-0.4, -0.2) is 29.0 Å². The number of carbonyl (C=O) groups excluding carboxylic acids is 1. The first kappa shape index (κ1) is 14.0. The largest absolute Gasteiger partial charge is 0.331 e. The zero-order valence-corrected chi connectivity index (χ0v) is 12.0. The van der Waals surface area contributed by atoms with Gasteiger partial charge in [-0.25, -0.2) is 9.78 Å². The standard InChI is InChI=1S/C12H21N3OS/c1-6-15(7-2)12(16)14-9(4)11-8(3)13-10(5)17-11/h9H,6-7H2,1-5H3,(H,14,16). The molecule has 0 spiro atoms. The molecule has 2 amide bonds. The molecule has 96 valence electrons. The SMILES string of the molecule is CCN(CC)C(=O)NC(C)c1sc(C)nc1C. The lowest BCUT2D eigenvalue weighted by atomic mass is 10.2. The number of thiazole rings is 1. The van der Waals surface area contributed by atoms with Crippen LogP contribution in [0.2, 0.25) is 0 Å².